The van der Waals surface area contributed by atoms with E-state index < -0.39 is 0 Å². The number of halogens is 1. The van der Waals surface area contributed by atoms with E-state index in [1.165, 1.54) is 0 Å². The lowest BCUT2D eigenvalue weighted by Gasteiger charge is -1.93. The Balaban J connectivity index is 3.17. The summed E-state index contributed by atoms with van der Waals surface area (Å²) in [6.45, 7) is 1.77. The summed E-state index contributed by atoms with van der Waals surface area (Å²) >= 11 is 5.63. The minimum absolute atomic E-state index is 0.352. The molecule has 0 aromatic carbocycles. The maximum atomic E-state index is 5.63. The number of nitrogens with zero attached hydrogens (tertiary/aromatic N) is 2. The van der Waals surface area contributed by atoms with Crippen molar-refractivity contribution in [2.45, 2.75) is 6.92 Å². The number of nitrogens with two attached hydrogens (primary N) is 1. The first-order valence-corrected chi connectivity index (χ1v) is 2.83. The molecule has 1 aromatic heterocycles. The van der Waals surface area contributed by atoms with Crippen molar-refractivity contribution in [1.29, 1.82) is 0 Å². The van der Waals surface area contributed by atoms with Gasteiger partial charge in [-0.2, -0.15) is 5.10 Å². The van der Waals surface area contributed by atoms with Crippen LogP contribution in [0, 0.1) is 6.92 Å². The predicted molar refractivity (Wildman–Crippen MR) is 36.2 cm³/mol. The highest BCUT2D eigenvalue weighted by Gasteiger charge is 1.95. The van der Waals surface area contributed by atoms with Gasteiger partial charge in [-0.25, -0.2) is 0 Å². The first-order chi connectivity index (χ1) is 4.20. The number of aromatic nitrogens is 2. The molecule has 0 spiro atoms. The predicted octanol–water partition coefficient (Wildman–Crippen LogP) is 1.02. The van der Waals surface area contributed by atoms with Crippen molar-refractivity contribution in [3.05, 3.63) is 16.8 Å². The summed E-state index contributed by atoms with van der Waals surface area (Å²) in [6.07, 6.45) is 0. The van der Waals surface area contributed by atoms with Gasteiger partial charge in [0.15, 0.2) is 0 Å². The van der Waals surface area contributed by atoms with Crippen molar-refractivity contribution in [1.82, 2.24) is 10.2 Å². The van der Waals surface area contributed by atoms with E-state index in [1.54, 1.807) is 13.0 Å². The molecule has 3 nitrogen and oxygen atoms in total. The SMILES string of the molecule is Cc1nnc(N)cc1Cl. The molecule has 0 unspecified atom stereocenters. The number of nitrogen functional groups attached to an aromatic ring is 1. The lowest BCUT2D eigenvalue weighted by molar-refractivity contribution is 0.990. The standard InChI is InChI=1S/C5H6ClN3/c1-3-4(6)2-5(7)9-8-3/h2H,1H3,(H2,7,9). The highest BCUT2D eigenvalue weighted by Crippen LogP contribution is 2.12. The molecule has 1 rings (SSSR count). The summed E-state index contributed by atoms with van der Waals surface area (Å²) in [4.78, 5) is 0. The quantitative estimate of drug-likeness (QED) is 0.590. The molecule has 0 aliphatic carbocycles. The van der Waals surface area contributed by atoms with Crippen LogP contribution >= 0.6 is 11.6 Å². The zero-order valence-corrected chi connectivity index (χ0v) is 5.68. The molecule has 1 aromatic rings. The molecule has 48 valence electrons. The molecule has 1 heterocycles. The average molecular weight is 144 g/mol. The fraction of sp³-hybridized carbons (Fsp3) is 0.200. The number of rotatable bonds is 0. The zero-order valence-electron chi connectivity index (χ0n) is 4.93. The van der Waals surface area contributed by atoms with Crippen LogP contribution in [-0.2, 0) is 0 Å². The van der Waals surface area contributed by atoms with Gasteiger partial charge < -0.3 is 5.73 Å². The van der Waals surface area contributed by atoms with E-state index in [0.29, 0.717) is 16.5 Å². The second-order valence-corrected chi connectivity index (χ2v) is 2.11. The normalized spacial score (nSPS) is 9.56. The zero-order chi connectivity index (χ0) is 6.85. The van der Waals surface area contributed by atoms with E-state index >= 15 is 0 Å². The molecule has 2 N–H and O–H groups in total. The van der Waals surface area contributed by atoms with Gasteiger partial charge in [-0.15, -0.1) is 5.10 Å². The average Bonchev–Trinajstić information content (AvgIpc) is 1.80. The fourth-order valence-electron chi connectivity index (χ4n) is 0.444. The second-order valence-electron chi connectivity index (χ2n) is 1.70. The van der Waals surface area contributed by atoms with Gasteiger partial charge >= 0.3 is 0 Å². The Labute approximate surface area is 57.8 Å². The Bertz CT molecular complexity index is 223. The van der Waals surface area contributed by atoms with Crippen molar-refractivity contribution in [3.63, 3.8) is 0 Å². The van der Waals surface area contributed by atoms with Crippen molar-refractivity contribution in [3.8, 4) is 0 Å². The summed E-state index contributed by atoms with van der Waals surface area (Å²) < 4.78 is 0. The van der Waals surface area contributed by atoms with E-state index in [1.807, 2.05) is 0 Å². The van der Waals surface area contributed by atoms with Gasteiger partial charge in [0.25, 0.3) is 0 Å². The first-order valence-electron chi connectivity index (χ1n) is 2.45. The van der Waals surface area contributed by atoms with Crippen LogP contribution in [0.15, 0.2) is 6.07 Å². The topological polar surface area (TPSA) is 51.8 Å². The minimum atomic E-state index is 0.352. The molecule has 4 heteroatoms. The molecule has 0 fully saturated rings. The maximum absolute atomic E-state index is 5.63. The van der Waals surface area contributed by atoms with Crippen LogP contribution in [0.5, 0.6) is 0 Å². The molecule has 0 amide bonds. The highest BCUT2D eigenvalue weighted by molar-refractivity contribution is 6.31. The molecule has 9 heavy (non-hydrogen) atoms. The molecular formula is C5H6ClN3. The number of hydrogen-bond donors (Lipinski definition) is 1. The van der Waals surface area contributed by atoms with Crippen molar-refractivity contribution in [2.24, 2.45) is 0 Å². The van der Waals surface area contributed by atoms with Crippen molar-refractivity contribution < 1.29 is 0 Å². The number of anilines is 1. The third-order valence-electron chi connectivity index (χ3n) is 0.936. The van der Waals surface area contributed by atoms with Crippen LogP contribution in [0.2, 0.25) is 5.02 Å². The van der Waals surface area contributed by atoms with E-state index in [4.69, 9.17) is 17.3 Å². The summed E-state index contributed by atoms with van der Waals surface area (Å²) in [6, 6.07) is 1.57. The third-order valence-corrected chi connectivity index (χ3v) is 1.32. The van der Waals surface area contributed by atoms with Gasteiger partial charge in [0, 0.05) is 6.07 Å². The summed E-state index contributed by atoms with van der Waals surface area (Å²) in [5.41, 5.74) is 5.97. The Morgan fingerprint density at radius 3 is 2.67 bits per heavy atom. The van der Waals surface area contributed by atoms with Crippen molar-refractivity contribution in [2.75, 3.05) is 5.73 Å². The minimum Gasteiger partial charge on any atom is -0.382 e. The lowest BCUT2D eigenvalue weighted by atomic mass is 10.4. The number of aryl methyl sites for hydroxylation is 1. The maximum Gasteiger partial charge on any atom is 0.147 e. The Hall–Kier alpha value is -0.830. The summed E-state index contributed by atoms with van der Waals surface area (Å²) in [5.74, 6) is 0.352. The van der Waals surface area contributed by atoms with Crippen LogP contribution in [0.25, 0.3) is 0 Å². The number of hydrogen-bond acceptors (Lipinski definition) is 3. The Morgan fingerprint density at radius 1 is 1.56 bits per heavy atom. The summed E-state index contributed by atoms with van der Waals surface area (Å²) in [5, 5.41) is 7.81. The molecule has 0 aliphatic rings. The fourth-order valence-corrected chi connectivity index (χ4v) is 0.593. The van der Waals surface area contributed by atoms with Crippen molar-refractivity contribution >= 4 is 17.4 Å². The van der Waals surface area contributed by atoms with Crippen LogP contribution in [-0.4, -0.2) is 10.2 Å². The van der Waals surface area contributed by atoms with Gasteiger partial charge in [0.2, 0.25) is 0 Å². The smallest absolute Gasteiger partial charge is 0.147 e. The van der Waals surface area contributed by atoms with Gasteiger partial charge in [0.1, 0.15) is 5.82 Å². The van der Waals surface area contributed by atoms with Gasteiger partial charge in [-0.05, 0) is 6.92 Å². The van der Waals surface area contributed by atoms with Crippen LogP contribution in [0.4, 0.5) is 5.82 Å². The van der Waals surface area contributed by atoms with Crippen LogP contribution in [0.3, 0.4) is 0 Å². The van der Waals surface area contributed by atoms with Gasteiger partial charge in [0.05, 0.1) is 10.7 Å². The first kappa shape index (κ1) is 6.29. The molecule has 0 saturated heterocycles. The molecule has 0 radical (unpaired) electrons. The molecule has 0 bridgehead atoms. The largest absolute Gasteiger partial charge is 0.382 e. The highest BCUT2D eigenvalue weighted by atomic mass is 35.5. The molecule has 0 atom stereocenters. The van der Waals surface area contributed by atoms with Gasteiger partial charge in [-0.3, -0.25) is 0 Å². The summed E-state index contributed by atoms with van der Waals surface area (Å²) in [7, 11) is 0. The molecule has 0 saturated carbocycles. The second kappa shape index (κ2) is 2.19. The van der Waals surface area contributed by atoms with Crippen LogP contribution in [0.1, 0.15) is 5.69 Å². The molecule has 0 aliphatic heterocycles. The molecular weight excluding hydrogens is 138 g/mol. The van der Waals surface area contributed by atoms with E-state index in [9.17, 15) is 0 Å². The van der Waals surface area contributed by atoms with Gasteiger partial charge in [-0.1, -0.05) is 11.6 Å². The van der Waals surface area contributed by atoms with Crippen LogP contribution < -0.4 is 5.73 Å². The van der Waals surface area contributed by atoms with E-state index in [0.717, 1.165) is 0 Å². The van der Waals surface area contributed by atoms with E-state index in [2.05, 4.69) is 10.2 Å². The Kier molecular flexibility index (Phi) is 1.53. The Morgan fingerprint density at radius 2 is 2.22 bits per heavy atom. The monoisotopic (exact) mass is 143 g/mol. The van der Waals surface area contributed by atoms with E-state index in [-0.39, 0.29) is 0 Å². The third kappa shape index (κ3) is 1.29. The lowest BCUT2D eigenvalue weighted by Crippen LogP contribution is -1.94.